The molecule has 0 aliphatic carbocycles. The first-order valence-electron chi connectivity index (χ1n) is 7.97. The van der Waals surface area contributed by atoms with Crippen LogP contribution in [-0.4, -0.2) is 35.1 Å². The van der Waals surface area contributed by atoms with Gasteiger partial charge in [-0.2, -0.15) is 0 Å². The van der Waals surface area contributed by atoms with Gasteiger partial charge >= 0.3 is 0 Å². The van der Waals surface area contributed by atoms with Crippen molar-refractivity contribution in [3.63, 3.8) is 0 Å². The zero-order chi connectivity index (χ0) is 16.2. The number of hydrogen-bond acceptors (Lipinski definition) is 2. The predicted octanol–water partition coefficient (Wildman–Crippen LogP) is 3.72. The Morgan fingerprint density at radius 1 is 1.04 bits per heavy atom. The number of nitrogens with zero attached hydrogens (tertiary/aromatic N) is 3. The predicted molar refractivity (Wildman–Crippen MR) is 92.1 cm³/mol. The molecule has 0 saturated heterocycles. The van der Waals surface area contributed by atoms with Crippen LogP contribution in [0.25, 0.3) is 11.0 Å². The first-order chi connectivity index (χ1) is 11.1. The van der Waals surface area contributed by atoms with E-state index in [2.05, 4.69) is 29.6 Å². The van der Waals surface area contributed by atoms with E-state index in [0.717, 1.165) is 48.4 Å². The van der Waals surface area contributed by atoms with Gasteiger partial charge in [-0.1, -0.05) is 24.3 Å². The van der Waals surface area contributed by atoms with E-state index in [1.54, 1.807) is 0 Å². The van der Waals surface area contributed by atoms with Crippen LogP contribution in [-0.2, 0) is 13.0 Å². The van der Waals surface area contributed by atoms with Crippen molar-refractivity contribution >= 4 is 11.0 Å². The molecule has 2 aromatic carbocycles. The van der Waals surface area contributed by atoms with Gasteiger partial charge in [-0.3, -0.25) is 0 Å². The number of para-hydroxylation sites is 2. The minimum absolute atomic E-state index is 0.199. The van der Waals surface area contributed by atoms with Crippen molar-refractivity contribution in [2.75, 3.05) is 20.6 Å². The second-order valence-electron chi connectivity index (χ2n) is 6.14. The molecule has 0 unspecified atom stereocenters. The van der Waals surface area contributed by atoms with Crippen molar-refractivity contribution in [1.29, 1.82) is 0 Å². The Morgan fingerprint density at radius 3 is 2.52 bits per heavy atom. The number of hydrogen-bond donors (Lipinski definition) is 0. The average molecular weight is 311 g/mol. The van der Waals surface area contributed by atoms with Gasteiger partial charge in [-0.15, -0.1) is 0 Å². The highest BCUT2D eigenvalue weighted by Gasteiger charge is 2.11. The van der Waals surface area contributed by atoms with Gasteiger partial charge in [0.2, 0.25) is 0 Å². The van der Waals surface area contributed by atoms with E-state index in [0.29, 0.717) is 0 Å². The molecule has 4 heteroatoms. The zero-order valence-electron chi connectivity index (χ0n) is 13.7. The van der Waals surface area contributed by atoms with Gasteiger partial charge in [0.15, 0.2) is 0 Å². The summed E-state index contributed by atoms with van der Waals surface area (Å²) in [6.45, 7) is 1.76. The molecule has 120 valence electrons. The summed E-state index contributed by atoms with van der Waals surface area (Å²) in [5, 5.41) is 0. The molecule has 3 nitrogen and oxygen atoms in total. The molecule has 0 radical (unpaired) electrons. The highest BCUT2D eigenvalue weighted by atomic mass is 19.1. The third kappa shape index (κ3) is 3.77. The van der Waals surface area contributed by atoms with Gasteiger partial charge in [-0.25, -0.2) is 9.37 Å². The maximum absolute atomic E-state index is 13.1. The molecule has 0 atom stereocenters. The Labute approximate surface area is 136 Å². The lowest BCUT2D eigenvalue weighted by Gasteiger charge is -2.11. The molecular weight excluding hydrogens is 289 g/mol. The van der Waals surface area contributed by atoms with Crippen molar-refractivity contribution in [2.24, 2.45) is 0 Å². The lowest BCUT2D eigenvalue weighted by atomic mass is 10.2. The summed E-state index contributed by atoms with van der Waals surface area (Å²) in [5.74, 6) is 0.896. The van der Waals surface area contributed by atoms with E-state index in [9.17, 15) is 4.39 Å². The van der Waals surface area contributed by atoms with E-state index < -0.39 is 0 Å². The second-order valence-corrected chi connectivity index (χ2v) is 6.14. The van der Waals surface area contributed by atoms with E-state index in [-0.39, 0.29) is 5.82 Å². The zero-order valence-corrected chi connectivity index (χ0v) is 13.7. The lowest BCUT2D eigenvalue weighted by molar-refractivity contribution is 0.397. The molecule has 0 aliphatic heterocycles. The van der Waals surface area contributed by atoms with Crippen LogP contribution in [0.15, 0.2) is 48.5 Å². The van der Waals surface area contributed by atoms with Gasteiger partial charge in [-0.05, 0) is 56.9 Å². The number of benzene rings is 2. The molecule has 0 saturated carbocycles. The van der Waals surface area contributed by atoms with Crippen molar-refractivity contribution in [2.45, 2.75) is 19.4 Å². The number of aromatic nitrogens is 2. The molecule has 1 aromatic heterocycles. The van der Waals surface area contributed by atoms with Crippen LogP contribution >= 0.6 is 0 Å². The maximum atomic E-state index is 13.1. The Bertz CT molecular complexity index is 775. The van der Waals surface area contributed by atoms with Crippen LogP contribution in [0.5, 0.6) is 0 Å². The molecule has 0 spiro atoms. The van der Waals surface area contributed by atoms with Crippen molar-refractivity contribution in [3.05, 3.63) is 65.7 Å². The Morgan fingerprint density at radius 2 is 1.78 bits per heavy atom. The number of halogens is 1. The summed E-state index contributed by atoms with van der Waals surface area (Å²) in [5.41, 5.74) is 3.24. The Balaban J connectivity index is 1.90. The van der Waals surface area contributed by atoms with Crippen LogP contribution in [0.3, 0.4) is 0 Å². The number of rotatable bonds is 6. The van der Waals surface area contributed by atoms with Crippen LogP contribution in [0.1, 0.15) is 17.8 Å². The first-order valence-corrected chi connectivity index (χ1v) is 7.97. The van der Waals surface area contributed by atoms with Crippen LogP contribution in [0.2, 0.25) is 0 Å². The summed E-state index contributed by atoms with van der Waals surface area (Å²) in [4.78, 5) is 6.98. The van der Waals surface area contributed by atoms with Gasteiger partial charge in [0.25, 0.3) is 0 Å². The van der Waals surface area contributed by atoms with Gasteiger partial charge < -0.3 is 9.47 Å². The molecule has 1 heterocycles. The molecular formula is C19H22FN3. The standard InChI is InChI=1S/C19H22FN3/c1-22(2)13-5-8-19-21-17-6-3-4-7-18(17)23(19)14-15-9-11-16(20)12-10-15/h3-4,6-7,9-12H,5,8,13-14H2,1-2H3. The minimum Gasteiger partial charge on any atom is -0.323 e. The quantitative estimate of drug-likeness (QED) is 0.692. The van der Waals surface area contributed by atoms with Crippen LogP contribution in [0.4, 0.5) is 4.39 Å². The summed E-state index contributed by atoms with van der Waals surface area (Å²) in [6.07, 6.45) is 2.01. The molecule has 0 amide bonds. The SMILES string of the molecule is CN(C)CCCc1nc2ccccc2n1Cc1ccc(F)cc1. The van der Waals surface area contributed by atoms with Gasteiger partial charge in [0, 0.05) is 13.0 Å². The third-order valence-electron chi connectivity index (χ3n) is 3.99. The molecule has 0 N–H and O–H groups in total. The number of imidazole rings is 1. The minimum atomic E-state index is -0.199. The first kappa shape index (κ1) is 15.7. The van der Waals surface area contributed by atoms with E-state index in [1.165, 1.54) is 12.1 Å². The molecule has 3 rings (SSSR count). The van der Waals surface area contributed by atoms with E-state index in [1.807, 2.05) is 30.3 Å². The second kappa shape index (κ2) is 6.92. The summed E-state index contributed by atoms with van der Waals surface area (Å²) < 4.78 is 15.4. The fraction of sp³-hybridized carbons (Fsp3) is 0.316. The Hall–Kier alpha value is -2.20. The summed E-state index contributed by atoms with van der Waals surface area (Å²) in [6, 6.07) is 14.9. The van der Waals surface area contributed by atoms with Crippen molar-refractivity contribution in [3.8, 4) is 0 Å². The number of fused-ring (bicyclic) bond motifs is 1. The highest BCUT2D eigenvalue weighted by molar-refractivity contribution is 5.76. The topological polar surface area (TPSA) is 21.1 Å². The van der Waals surface area contributed by atoms with Crippen molar-refractivity contribution < 1.29 is 4.39 Å². The normalized spacial score (nSPS) is 11.5. The van der Waals surface area contributed by atoms with Crippen molar-refractivity contribution in [1.82, 2.24) is 14.5 Å². The maximum Gasteiger partial charge on any atom is 0.123 e. The largest absolute Gasteiger partial charge is 0.323 e. The van der Waals surface area contributed by atoms with Crippen LogP contribution < -0.4 is 0 Å². The molecule has 0 aliphatic rings. The van der Waals surface area contributed by atoms with E-state index in [4.69, 9.17) is 4.98 Å². The third-order valence-corrected chi connectivity index (χ3v) is 3.99. The Kier molecular flexibility index (Phi) is 4.72. The van der Waals surface area contributed by atoms with Gasteiger partial charge in [0.05, 0.1) is 11.0 Å². The molecule has 3 aromatic rings. The van der Waals surface area contributed by atoms with Crippen LogP contribution in [0, 0.1) is 5.82 Å². The summed E-state index contributed by atoms with van der Waals surface area (Å²) in [7, 11) is 4.17. The molecule has 0 bridgehead atoms. The fourth-order valence-electron chi connectivity index (χ4n) is 2.82. The fourth-order valence-corrected chi connectivity index (χ4v) is 2.82. The highest BCUT2D eigenvalue weighted by Crippen LogP contribution is 2.19. The monoisotopic (exact) mass is 311 g/mol. The smallest absolute Gasteiger partial charge is 0.123 e. The molecule has 23 heavy (non-hydrogen) atoms. The molecule has 0 fully saturated rings. The van der Waals surface area contributed by atoms with Gasteiger partial charge in [0.1, 0.15) is 11.6 Å². The van der Waals surface area contributed by atoms with E-state index >= 15 is 0 Å². The average Bonchev–Trinajstić information content (AvgIpc) is 2.87. The lowest BCUT2D eigenvalue weighted by Crippen LogP contribution is -2.15. The number of aryl methyl sites for hydroxylation is 1. The summed E-state index contributed by atoms with van der Waals surface area (Å²) >= 11 is 0.